The van der Waals surface area contributed by atoms with Crippen molar-refractivity contribution in [1.82, 2.24) is 0 Å². The quantitative estimate of drug-likeness (QED) is 0.225. The monoisotopic (exact) mass is 738 g/mol. The van der Waals surface area contributed by atoms with Crippen LogP contribution in [-0.4, -0.2) is 0 Å². The molecule has 0 N–H and O–H groups in total. The maximum Gasteiger partial charge on any atom is -1.00 e. The first-order chi connectivity index (χ1) is 21.0. The third-order valence-electron chi connectivity index (χ3n) is 9.90. The molecular formula is C44H50Cl2Zr. The molecule has 0 bridgehead atoms. The largest absolute Gasteiger partial charge is 1.00 e. The molecule has 0 heterocycles. The first kappa shape index (κ1) is 37.6. The van der Waals surface area contributed by atoms with E-state index in [2.05, 4.69) is 150 Å². The second-order valence-corrected chi connectivity index (χ2v) is 19.6. The molecule has 0 spiro atoms. The molecule has 0 aromatic heterocycles. The fourth-order valence-electron chi connectivity index (χ4n) is 8.10. The number of hydrogen-bond acceptors (Lipinski definition) is 0. The molecule has 0 fully saturated rings. The molecule has 244 valence electrons. The summed E-state index contributed by atoms with van der Waals surface area (Å²) in [5, 5.41) is 0. The van der Waals surface area contributed by atoms with Crippen LogP contribution in [0.4, 0.5) is 0 Å². The van der Waals surface area contributed by atoms with Gasteiger partial charge in [0.15, 0.2) is 0 Å². The average Bonchev–Trinajstić information content (AvgIpc) is 3.52. The molecule has 2 aliphatic rings. The predicted molar refractivity (Wildman–Crippen MR) is 192 cm³/mol. The SMILES string of the molecule is Cc1cc(C)c(-c2cc3c(cc2C(C)(C)C)-c2cc(C(C)(C)C)c(-c4c(C)cc(C)cc4C)cc2[CH]3[Zr+2][C]2=CC=CC2)c(C)c1.[Cl-].[Cl-]. The summed E-state index contributed by atoms with van der Waals surface area (Å²) in [5.74, 6) is 0. The summed E-state index contributed by atoms with van der Waals surface area (Å²) < 4.78 is 2.21. The van der Waals surface area contributed by atoms with Crippen molar-refractivity contribution in [2.75, 3.05) is 0 Å². The van der Waals surface area contributed by atoms with Crippen LogP contribution in [-0.2, 0) is 34.1 Å². The van der Waals surface area contributed by atoms with E-state index in [1.54, 1.807) is 14.4 Å². The maximum atomic E-state index is 2.65. The molecular weight excluding hydrogens is 691 g/mol. The zero-order valence-corrected chi connectivity index (χ0v) is 34.4. The van der Waals surface area contributed by atoms with E-state index in [0.29, 0.717) is 3.63 Å². The Labute approximate surface area is 309 Å². The standard InChI is InChI=1S/C39H45.C5H5.2ClH.Zr/c1-22-13-24(3)36(25(4)14-22)32-18-28-17-29-19-33(37-26(5)15-23(2)16-27(37)6)35(39(10,11)12)21-31(29)30(28)20-34(32)38(7,8)9;1-2-4-5-3-1;;;/h13-21H,1-12H3;1-3H,4H2;2*1H;/q;;;;+2/p-2. The van der Waals surface area contributed by atoms with Gasteiger partial charge in [-0.25, -0.2) is 0 Å². The van der Waals surface area contributed by atoms with Crippen molar-refractivity contribution in [1.29, 1.82) is 0 Å². The second-order valence-electron chi connectivity index (χ2n) is 15.9. The van der Waals surface area contributed by atoms with Gasteiger partial charge in [-0.3, -0.25) is 0 Å². The minimum Gasteiger partial charge on any atom is -1.00 e. The van der Waals surface area contributed by atoms with E-state index in [-0.39, 0.29) is 35.6 Å². The topological polar surface area (TPSA) is 0 Å². The second kappa shape index (κ2) is 13.6. The van der Waals surface area contributed by atoms with Gasteiger partial charge < -0.3 is 24.8 Å². The first-order valence-corrected chi connectivity index (χ1v) is 19.4. The molecule has 0 unspecified atom stereocenters. The van der Waals surface area contributed by atoms with E-state index < -0.39 is 23.2 Å². The molecule has 0 nitrogen and oxygen atoms in total. The van der Waals surface area contributed by atoms with Crippen LogP contribution < -0.4 is 24.8 Å². The molecule has 2 aliphatic carbocycles. The summed E-state index contributed by atoms with van der Waals surface area (Å²) in [6.07, 6.45) is 8.21. The van der Waals surface area contributed by atoms with Gasteiger partial charge in [0.1, 0.15) is 0 Å². The summed E-state index contributed by atoms with van der Waals surface area (Å²) >= 11 is -0.961. The molecule has 0 saturated carbocycles. The van der Waals surface area contributed by atoms with Crippen LogP contribution in [0.3, 0.4) is 0 Å². The number of aryl methyl sites for hydroxylation is 6. The molecule has 0 aliphatic heterocycles. The molecule has 4 aromatic carbocycles. The average molecular weight is 741 g/mol. The maximum absolute atomic E-state index is 2.65. The third-order valence-corrected chi connectivity index (χ3v) is 14.0. The Kier molecular flexibility index (Phi) is 10.9. The van der Waals surface area contributed by atoms with Crippen LogP contribution in [0.15, 0.2) is 70.0 Å². The van der Waals surface area contributed by atoms with E-state index in [9.17, 15) is 0 Å². The van der Waals surface area contributed by atoms with Crippen LogP contribution in [0.1, 0.15) is 107 Å². The van der Waals surface area contributed by atoms with Crippen LogP contribution in [0.25, 0.3) is 33.4 Å². The van der Waals surface area contributed by atoms with E-state index in [1.165, 1.54) is 77.9 Å². The van der Waals surface area contributed by atoms with Crippen LogP contribution in [0.5, 0.6) is 0 Å². The summed E-state index contributed by atoms with van der Waals surface area (Å²) in [7, 11) is 0. The molecule has 3 heteroatoms. The normalized spacial score (nSPS) is 13.8. The van der Waals surface area contributed by atoms with Crippen molar-refractivity contribution in [2.45, 2.75) is 104 Å². The van der Waals surface area contributed by atoms with Gasteiger partial charge in [-0.05, 0) is 0 Å². The fourth-order valence-corrected chi connectivity index (χ4v) is 12.0. The fraction of sp³-hybridized carbons (Fsp3) is 0.364. The molecule has 4 aromatic rings. The number of allylic oxidation sites excluding steroid dienone is 4. The Hall–Kier alpha value is -2.18. The summed E-state index contributed by atoms with van der Waals surface area (Å²) in [5.41, 5.74) is 23.0. The Morgan fingerprint density at radius 1 is 0.532 bits per heavy atom. The Bertz CT molecular complexity index is 1750. The zero-order valence-electron chi connectivity index (χ0n) is 30.4. The Morgan fingerprint density at radius 2 is 0.915 bits per heavy atom. The van der Waals surface area contributed by atoms with Crippen molar-refractivity contribution >= 4 is 0 Å². The van der Waals surface area contributed by atoms with Gasteiger partial charge in [0, 0.05) is 0 Å². The van der Waals surface area contributed by atoms with Crippen LogP contribution in [0, 0.1) is 41.5 Å². The van der Waals surface area contributed by atoms with Gasteiger partial charge in [-0.2, -0.15) is 0 Å². The summed E-state index contributed by atoms with van der Waals surface area (Å²) in [6.45, 7) is 28.0. The molecule has 6 rings (SSSR count). The van der Waals surface area contributed by atoms with E-state index in [4.69, 9.17) is 0 Å². The number of fused-ring (bicyclic) bond motifs is 3. The Morgan fingerprint density at radius 3 is 1.23 bits per heavy atom. The number of rotatable bonds is 4. The van der Waals surface area contributed by atoms with Gasteiger partial charge in [-0.1, -0.05) is 0 Å². The third kappa shape index (κ3) is 6.98. The number of halogens is 2. The molecule has 0 amide bonds. The van der Waals surface area contributed by atoms with Gasteiger partial charge >= 0.3 is 286 Å². The molecule has 0 atom stereocenters. The Balaban J connectivity index is 0.00000250. The smallest absolute Gasteiger partial charge is 1.00 e. The van der Waals surface area contributed by atoms with Crippen molar-refractivity contribution < 1.29 is 48.0 Å². The minimum atomic E-state index is -0.961. The van der Waals surface area contributed by atoms with E-state index >= 15 is 0 Å². The van der Waals surface area contributed by atoms with Crippen LogP contribution >= 0.6 is 0 Å². The van der Waals surface area contributed by atoms with Crippen molar-refractivity contribution in [3.8, 4) is 33.4 Å². The van der Waals surface area contributed by atoms with E-state index in [0.717, 1.165) is 6.42 Å². The van der Waals surface area contributed by atoms with Gasteiger partial charge in [-0.15, -0.1) is 0 Å². The van der Waals surface area contributed by atoms with Gasteiger partial charge in [0.05, 0.1) is 0 Å². The van der Waals surface area contributed by atoms with E-state index in [1.807, 2.05) is 0 Å². The summed E-state index contributed by atoms with van der Waals surface area (Å²) in [6, 6.07) is 20.0. The molecule has 0 saturated heterocycles. The van der Waals surface area contributed by atoms with Gasteiger partial charge in [0.25, 0.3) is 0 Å². The first-order valence-electron chi connectivity index (χ1n) is 16.7. The van der Waals surface area contributed by atoms with Crippen molar-refractivity contribution in [3.05, 3.63) is 126 Å². The molecule has 47 heavy (non-hydrogen) atoms. The van der Waals surface area contributed by atoms with Crippen LogP contribution in [0.2, 0.25) is 0 Å². The minimum absolute atomic E-state index is 0. The predicted octanol–water partition coefficient (Wildman–Crippen LogP) is 6.47. The summed E-state index contributed by atoms with van der Waals surface area (Å²) in [4.78, 5) is 0. The van der Waals surface area contributed by atoms with Crippen molar-refractivity contribution in [3.63, 3.8) is 0 Å². The molecule has 0 radical (unpaired) electrons. The number of hydrogen-bond donors (Lipinski definition) is 0. The zero-order chi connectivity index (χ0) is 32.6. The van der Waals surface area contributed by atoms with Crippen molar-refractivity contribution in [2.24, 2.45) is 0 Å². The number of benzene rings is 4. The van der Waals surface area contributed by atoms with Gasteiger partial charge in [0.2, 0.25) is 0 Å².